The number of benzene rings is 1. The lowest BCUT2D eigenvalue weighted by atomic mass is 10.1. The van der Waals surface area contributed by atoms with Gasteiger partial charge in [0.25, 0.3) is 0 Å². The molecule has 0 saturated heterocycles. The van der Waals surface area contributed by atoms with E-state index in [1.165, 1.54) is 5.56 Å². The Morgan fingerprint density at radius 3 is 2.50 bits per heavy atom. The molecule has 1 heterocycles. The summed E-state index contributed by atoms with van der Waals surface area (Å²) >= 11 is 0. The van der Waals surface area contributed by atoms with E-state index in [1.54, 1.807) is 12.4 Å². The Hall–Kier alpha value is -2.20. The van der Waals surface area contributed by atoms with Gasteiger partial charge >= 0.3 is 5.97 Å². The van der Waals surface area contributed by atoms with Crippen molar-refractivity contribution < 1.29 is 9.90 Å². The van der Waals surface area contributed by atoms with Crippen molar-refractivity contribution in [3.8, 4) is 0 Å². The molecule has 1 aromatic heterocycles. The monoisotopic (exact) mass is 270 g/mol. The highest BCUT2D eigenvalue weighted by Gasteiger charge is 2.11. The van der Waals surface area contributed by atoms with Crippen molar-refractivity contribution in [3.63, 3.8) is 0 Å². The van der Waals surface area contributed by atoms with E-state index < -0.39 is 5.97 Å². The maximum Gasteiger partial charge on any atom is 0.317 e. The summed E-state index contributed by atoms with van der Waals surface area (Å²) in [5.41, 5.74) is 3.37. The molecule has 4 nitrogen and oxygen atoms in total. The van der Waals surface area contributed by atoms with Gasteiger partial charge in [-0.2, -0.15) is 0 Å². The highest BCUT2D eigenvalue weighted by molar-refractivity contribution is 5.69. The van der Waals surface area contributed by atoms with Gasteiger partial charge in [0.1, 0.15) is 0 Å². The van der Waals surface area contributed by atoms with Crippen LogP contribution in [-0.2, 0) is 17.9 Å². The van der Waals surface area contributed by atoms with Crippen molar-refractivity contribution >= 4 is 5.97 Å². The van der Waals surface area contributed by atoms with Crippen molar-refractivity contribution in [1.82, 2.24) is 9.88 Å². The van der Waals surface area contributed by atoms with Crippen LogP contribution in [-0.4, -0.2) is 27.5 Å². The Morgan fingerprint density at radius 1 is 1.15 bits per heavy atom. The number of carboxylic acid groups (broad SMARTS) is 1. The van der Waals surface area contributed by atoms with Gasteiger partial charge in [0.05, 0.1) is 6.54 Å². The molecule has 20 heavy (non-hydrogen) atoms. The molecule has 0 aliphatic heterocycles. The highest BCUT2D eigenvalue weighted by atomic mass is 16.4. The smallest absolute Gasteiger partial charge is 0.317 e. The van der Waals surface area contributed by atoms with Crippen LogP contribution in [0.3, 0.4) is 0 Å². The largest absolute Gasteiger partial charge is 0.480 e. The maximum atomic E-state index is 11.0. The minimum absolute atomic E-state index is 0.0241. The average Bonchev–Trinajstić information content (AvgIpc) is 2.39. The molecule has 0 spiro atoms. The number of nitrogens with zero attached hydrogens (tertiary/aromatic N) is 2. The number of hydrogen-bond acceptors (Lipinski definition) is 3. The van der Waals surface area contributed by atoms with E-state index in [0.717, 1.165) is 11.1 Å². The maximum absolute atomic E-state index is 11.0. The van der Waals surface area contributed by atoms with Crippen LogP contribution >= 0.6 is 0 Å². The molecule has 2 aromatic rings. The topological polar surface area (TPSA) is 53.4 Å². The SMILES string of the molecule is Cc1cccc(CN(CC(=O)O)Cc2ccncc2)c1. The Morgan fingerprint density at radius 2 is 1.85 bits per heavy atom. The standard InChI is InChI=1S/C16H18N2O2/c1-13-3-2-4-15(9-13)11-18(12-16(19)20)10-14-5-7-17-8-6-14/h2-9H,10-12H2,1H3,(H,19,20). The van der Waals surface area contributed by atoms with Gasteiger partial charge in [-0.25, -0.2) is 0 Å². The number of aryl methyl sites for hydroxylation is 1. The number of hydrogen-bond donors (Lipinski definition) is 1. The predicted molar refractivity (Wildman–Crippen MR) is 77.2 cm³/mol. The molecule has 4 heteroatoms. The van der Waals surface area contributed by atoms with Crippen LogP contribution in [0.5, 0.6) is 0 Å². The quantitative estimate of drug-likeness (QED) is 0.876. The van der Waals surface area contributed by atoms with E-state index in [0.29, 0.717) is 13.1 Å². The summed E-state index contributed by atoms with van der Waals surface area (Å²) < 4.78 is 0. The number of aromatic nitrogens is 1. The Kier molecular flexibility index (Phi) is 4.85. The first kappa shape index (κ1) is 14.2. The third-order valence-electron chi connectivity index (χ3n) is 3.00. The van der Waals surface area contributed by atoms with Gasteiger partial charge in [-0.15, -0.1) is 0 Å². The van der Waals surface area contributed by atoms with Crippen molar-refractivity contribution in [1.29, 1.82) is 0 Å². The Labute approximate surface area is 118 Å². The minimum Gasteiger partial charge on any atom is -0.480 e. The highest BCUT2D eigenvalue weighted by Crippen LogP contribution is 2.11. The number of carboxylic acids is 1. The van der Waals surface area contributed by atoms with E-state index in [-0.39, 0.29) is 6.54 Å². The van der Waals surface area contributed by atoms with E-state index in [2.05, 4.69) is 11.1 Å². The fraction of sp³-hybridized carbons (Fsp3) is 0.250. The lowest BCUT2D eigenvalue weighted by Gasteiger charge is -2.20. The normalized spacial score (nSPS) is 10.7. The van der Waals surface area contributed by atoms with Gasteiger partial charge in [0.2, 0.25) is 0 Å². The van der Waals surface area contributed by atoms with Crippen molar-refractivity contribution in [3.05, 3.63) is 65.5 Å². The predicted octanol–water partition coefficient (Wildman–Crippen LogP) is 2.48. The first-order valence-electron chi connectivity index (χ1n) is 6.52. The molecule has 0 fully saturated rings. The van der Waals surface area contributed by atoms with Crippen LogP contribution in [0.1, 0.15) is 16.7 Å². The van der Waals surface area contributed by atoms with Gasteiger partial charge in [0, 0.05) is 25.5 Å². The van der Waals surface area contributed by atoms with E-state index in [9.17, 15) is 4.79 Å². The van der Waals surface area contributed by atoms with Crippen molar-refractivity contribution in [2.24, 2.45) is 0 Å². The van der Waals surface area contributed by atoms with Gasteiger partial charge in [0.15, 0.2) is 0 Å². The molecule has 104 valence electrons. The summed E-state index contributed by atoms with van der Waals surface area (Å²) in [6, 6.07) is 12.0. The summed E-state index contributed by atoms with van der Waals surface area (Å²) in [5, 5.41) is 9.04. The summed E-state index contributed by atoms with van der Waals surface area (Å²) in [7, 11) is 0. The van der Waals surface area contributed by atoms with Gasteiger partial charge in [-0.1, -0.05) is 29.8 Å². The fourth-order valence-corrected chi connectivity index (χ4v) is 2.17. The molecule has 0 aliphatic rings. The zero-order chi connectivity index (χ0) is 14.4. The first-order valence-corrected chi connectivity index (χ1v) is 6.52. The summed E-state index contributed by atoms with van der Waals surface area (Å²) in [6.07, 6.45) is 3.45. The molecule has 0 amide bonds. The van der Waals surface area contributed by atoms with Crippen LogP contribution in [0.2, 0.25) is 0 Å². The van der Waals surface area contributed by atoms with Crippen molar-refractivity contribution in [2.45, 2.75) is 20.0 Å². The molecule has 2 rings (SSSR count). The summed E-state index contributed by atoms with van der Waals surface area (Å²) in [4.78, 5) is 16.9. The molecule has 0 radical (unpaired) electrons. The lowest BCUT2D eigenvalue weighted by molar-refractivity contribution is -0.138. The van der Waals surface area contributed by atoms with Crippen LogP contribution in [0.15, 0.2) is 48.8 Å². The minimum atomic E-state index is -0.813. The summed E-state index contributed by atoms with van der Waals surface area (Å²) in [5.74, 6) is -0.813. The molecule has 1 aromatic carbocycles. The number of aliphatic carboxylic acids is 1. The third kappa shape index (κ3) is 4.48. The first-order chi connectivity index (χ1) is 9.63. The molecule has 0 unspecified atom stereocenters. The van der Waals surface area contributed by atoms with Crippen LogP contribution < -0.4 is 0 Å². The molecule has 1 N–H and O–H groups in total. The van der Waals surface area contributed by atoms with Crippen LogP contribution in [0.4, 0.5) is 0 Å². The van der Waals surface area contributed by atoms with Gasteiger partial charge in [-0.05, 0) is 30.2 Å². The van der Waals surface area contributed by atoms with Gasteiger partial charge < -0.3 is 5.11 Å². The molecule has 0 aliphatic carbocycles. The molecular weight excluding hydrogens is 252 g/mol. The van der Waals surface area contributed by atoms with E-state index >= 15 is 0 Å². The van der Waals surface area contributed by atoms with E-state index in [4.69, 9.17) is 5.11 Å². The second-order valence-electron chi connectivity index (χ2n) is 4.88. The Balaban J connectivity index is 2.09. The molecular formula is C16H18N2O2. The lowest BCUT2D eigenvalue weighted by Crippen LogP contribution is -2.29. The third-order valence-corrected chi connectivity index (χ3v) is 3.00. The molecule has 0 atom stereocenters. The molecule has 0 saturated carbocycles. The molecule has 0 bridgehead atoms. The zero-order valence-corrected chi connectivity index (χ0v) is 11.5. The number of rotatable bonds is 6. The second kappa shape index (κ2) is 6.82. The second-order valence-corrected chi connectivity index (χ2v) is 4.88. The van der Waals surface area contributed by atoms with Crippen LogP contribution in [0, 0.1) is 6.92 Å². The van der Waals surface area contributed by atoms with E-state index in [1.807, 2.05) is 42.2 Å². The number of carbonyl (C=O) groups is 1. The number of pyridine rings is 1. The van der Waals surface area contributed by atoms with Crippen molar-refractivity contribution in [2.75, 3.05) is 6.54 Å². The fourth-order valence-electron chi connectivity index (χ4n) is 2.17. The van der Waals surface area contributed by atoms with Gasteiger partial charge in [-0.3, -0.25) is 14.7 Å². The van der Waals surface area contributed by atoms with Crippen LogP contribution in [0.25, 0.3) is 0 Å². The Bertz CT molecular complexity index is 570. The summed E-state index contributed by atoms with van der Waals surface area (Å²) in [6.45, 7) is 3.28. The zero-order valence-electron chi connectivity index (χ0n) is 11.5. The average molecular weight is 270 g/mol.